The average molecular weight is 414 g/mol. The summed E-state index contributed by atoms with van der Waals surface area (Å²) in [6.07, 6.45) is 3.31. The van der Waals surface area contributed by atoms with Crippen molar-refractivity contribution in [3.8, 4) is 0 Å². The van der Waals surface area contributed by atoms with Crippen LogP contribution in [-0.2, 0) is 14.8 Å². The molecule has 1 saturated heterocycles. The van der Waals surface area contributed by atoms with E-state index in [1.54, 1.807) is 18.2 Å². The highest BCUT2D eigenvalue weighted by molar-refractivity contribution is 7.89. The molecule has 3 rings (SSSR count). The number of carbonyl (C=O) groups is 1. The van der Waals surface area contributed by atoms with Crippen LogP contribution in [0.3, 0.4) is 0 Å². The van der Waals surface area contributed by atoms with Gasteiger partial charge in [0, 0.05) is 45.3 Å². The second-order valence-electron chi connectivity index (χ2n) is 7.09. The largest absolute Gasteiger partial charge is 0.351 e. The van der Waals surface area contributed by atoms with Crippen LogP contribution >= 0.6 is 0 Å². The van der Waals surface area contributed by atoms with Crippen molar-refractivity contribution in [2.24, 2.45) is 0 Å². The smallest absolute Gasteiger partial charge is 0.244 e. The highest BCUT2D eigenvalue weighted by Crippen LogP contribution is 2.18. The van der Waals surface area contributed by atoms with E-state index in [-0.39, 0.29) is 5.91 Å². The molecule has 0 aromatic heterocycles. The van der Waals surface area contributed by atoms with E-state index in [0.717, 1.165) is 11.1 Å². The molecule has 1 fully saturated rings. The van der Waals surface area contributed by atoms with Crippen LogP contribution in [0.1, 0.15) is 11.1 Å². The summed E-state index contributed by atoms with van der Waals surface area (Å²) in [5.41, 5.74) is 2.02. The van der Waals surface area contributed by atoms with E-state index in [4.69, 9.17) is 0 Å². The standard InChI is InChI=1S/C22H27N3O3S/c1-19-7-10-21(11-8-19)29(27,28)25-17-15-24(16-18-25)14-13-23-22(26)12-9-20-5-3-2-4-6-20/h2-12H,13-18H2,1H3,(H,23,26)/b12-9-. The van der Waals surface area contributed by atoms with Gasteiger partial charge in [0.05, 0.1) is 4.90 Å². The van der Waals surface area contributed by atoms with Crippen LogP contribution in [0.25, 0.3) is 6.08 Å². The number of nitrogens with zero attached hydrogens (tertiary/aromatic N) is 2. The van der Waals surface area contributed by atoms with Gasteiger partial charge in [-0.1, -0.05) is 48.0 Å². The molecular weight excluding hydrogens is 386 g/mol. The molecular formula is C22H27N3O3S. The zero-order valence-corrected chi connectivity index (χ0v) is 17.4. The Bertz CT molecular complexity index is 933. The maximum atomic E-state index is 12.7. The zero-order chi connectivity index (χ0) is 20.7. The van der Waals surface area contributed by atoms with E-state index in [2.05, 4.69) is 10.2 Å². The van der Waals surface area contributed by atoms with Gasteiger partial charge in [0.25, 0.3) is 0 Å². The molecule has 1 aliphatic rings. The summed E-state index contributed by atoms with van der Waals surface area (Å²) in [6.45, 7) is 5.38. The summed E-state index contributed by atoms with van der Waals surface area (Å²) in [7, 11) is -3.44. The highest BCUT2D eigenvalue weighted by atomic mass is 32.2. The molecule has 1 amide bonds. The molecule has 0 bridgehead atoms. The van der Waals surface area contributed by atoms with Gasteiger partial charge in [-0.05, 0) is 30.7 Å². The number of rotatable bonds is 7. The average Bonchev–Trinajstić information content (AvgIpc) is 2.74. The normalized spacial score (nSPS) is 16.2. The summed E-state index contributed by atoms with van der Waals surface area (Å²) in [6, 6.07) is 16.6. The number of nitrogens with one attached hydrogen (secondary N) is 1. The quantitative estimate of drug-likeness (QED) is 0.706. The molecule has 0 saturated carbocycles. The Morgan fingerprint density at radius 2 is 1.66 bits per heavy atom. The van der Waals surface area contributed by atoms with Crippen molar-refractivity contribution < 1.29 is 13.2 Å². The lowest BCUT2D eigenvalue weighted by atomic mass is 10.2. The Labute approximate surface area is 172 Å². The van der Waals surface area contributed by atoms with Crippen LogP contribution in [0.5, 0.6) is 0 Å². The summed E-state index contributed by atoms with van der Waals surface area (Å²) >= 11 is 0. The minimum atomic E-state index is -3.44. The topological polar surface area (TPSA) is 69.7 Å². The fourth-order valence-corrected chi connectivity index (χ4v) is 4.61. The van der Waals surface area contributed by atoms with Gasteiger partial charge in [0.2, 0.25) is 15.9 Å². The van der Waals surface area contributed by atoms with Gasteiger partial charge in [-0.25, -0.2) is 8.42 Å². The molecule has 2 aromatic rings. The fourth-order valence-electron chi connectivity index (χ4n) is 3.18. The number of benzene rings is 2. The van der Waals surface area contributed by atoms with E-state index in [1.165, 1.54) is 10.4 Å². The summed E-state index contributed by atoms with van der Waals surface area (Å²) in [4.78, 5) is 14.4. The number of aryl methyl sites for hydroxylation is 1. The first-order valence-corrected chi connectivity index (χ1v) is 11.2. The third-order valence-corrected chi connectivity index (χ3v) is 6.86. The van der Waals surface area contributed by atoms with Crippen LogP contribution in [0.2, 0.25) is 0 Å². The van der Waals surface area contributed by atoms with E-state index in [1.807, 2.05) is 49.4 Å². The Hall–Kier alpha value is -2.48. The predicted octanol–water partition coefficient (Wildman–Crippen LogP) is 2.13. The van der Waals surface area contributed by atoms with Crippen LogP contribution in [0, 0.1) is 6.92 Å². The van der Waals surface area contributed by atoms with E-state index in [0.29, 0.717) is 44.2 Å². The Balaban J connectivity index is 1.41. The molecule has 6 nitrogen and oxygen atoms in total. The molecule has 0 unspecified atom stereocenters. The van der Waals surface area contributed by atoms with E-state index < -0.39 is 10.0 Å². The number of sulfonamides is 1. The lowest BCUT2D eigenvalue weighted by Crippen LogP contribution is -2.50. The monoisotopic (exact) mass is 413 g/mol. The van der Waals surface area contributed by atoms with Gasteiger partial charge >= 0.3 is 0 Å². The van der Waals surface area contributed by atoms with Crippen molar-refractivity contribution in [2.75, 3.05) is 39.3 Å². The third kappa shape index (κ3) is 6.00. The molecule has 0 radical (unpaired) electrons. The van der Waals surface area contributed by atoms with Crippen LogP contribution in [0.4, 0.5) is 0 Å². The highest BCUT2D eigenvalue weighted by Gasteiger charge is 2.28. The Morgan fingerprint density at radius 1 is 1.00 bits per heavy atom. The lowest BCUT2D eigenvalue weighted by molar-refractivity contribution is -0.116. The molecule has 1 heterocycles. The van der Waals surface area contributed by atoms with Crippen molar-refractivity contribution in [3.05, 3.63) is 71.8 Å². The van der Waals surface area contributed by atoms with Gasteiger partial charge < -0.3 is 5.32 Å². The first-order chi connectivity index (χ1) is 13.9. The van der Waals surface area contributed by atoms with Gasteiger partial charge in [-0.3, -0.25) is 9.69 Å². The molecule has 0 aliphatic carbocycles. The van der Waals surface area contributed by atoms with Gasteiger partial charge in [-0.2, -0.15) is 4.31 Å². The first kappa shape index (κ1) is 21.2. The number of carbonyl (C=O) groups excluding carboxylic acids is 1. The second-order valence-corrected chi connectivity index (χ2v) is 9.03. The van der Waals surface area contributed by atoms with Crippen molar-refractivity contribution in [1.29, 1.82) is 0 Å². The summed E-state index contributed by atoms with van der Waals surface area (Å²) < 4.78 is 27.0. The number of piperazine rings is 1. The van der Waals surface area contributed by atoms with Gasteiger partial charge in [0.15, 0.2) is 0 Å². The third-order valence-electron chi connectivity index (χ3n) is 4.94. The SMILES string of the molecule is Cc1ccc(S(=O)(=O)N2CCN(CCNC(=O)/C=C\c3ccccc3)CC2)cc1. The molecule has 0 atom stereocenters. The summed E-state index contributed by atoms with van der Waals surface area (Å²) in [5, 5.41) is 2.87. The Morgan fingerprint density at radius 3 is 2.31 bits per heavy atom. The Kier molecular flexibility index (Phi) is 7.19. The van der Waals surface area contributed by atoms with Crippen molar-refractivity contribution >= 4 is 22.0 Å². The zero-order valence-electron chi connectivity index (χ0n) is 16.6. The van der Waals surface area contributed by atoms with Crippen molar-refractivity contribution in [3.63, 3.8) is 0 Å². The van der Waals surface area contributed by atoms with Crippen LogP contribution in [0.15, 0.2) is 65.6 Å². The van der Waals surface area contributed by atoms with Crippen LogP contribution in [-0.4, -0.2) is 62.8 Å². The van der Waals surface area contributed by atoms with Gasteiger partial charge in [-0.15, -0.1) is 0 Å². The predicted molar refractivity (Wildman–Crippen MR) is 115 cm³/mol. The number of amides is 1. The van der Waals surface area contributed by atoms with Crippen molar-refractivity contribution in [1.82, 2.24) is 14.5 Å². The van der Waals surface area contributed by atoms with Crippen LogP contribution < -0.4 is 5.32 Å². The summed E-state index contributed by atoms with van der Waals surface area (Å²) in [5.74, 6) is -0.130. The number of hydrogen-bond donors (Lipinski definition) is 1. The van der Waals surface area contributed by atoms with Crippen molar-refractivity contribution in [2.45, 2.75) is 11.8 Å². The molecule has 0 spiro atoms. The fraction of sp³-hybridized carbons (Fsp3) is 0.318. The molecule has 2 aromatic carbocycles. The molecule has 7 heteroatoms. The first-order valence-electron chi connectivity index (χ1n) is 9.75. The minimum absolute atomic E-state index is 0.130. The van der Waals surface area contributed by atoms with E-state index >= 15 is 0 Å². The van der Waals surface area contributed by atoms with Gasteiger partial charge in [0.1, 0.15) is 0 Å². The molecule has 154 valence electrons. The maximum Gasteiger partial charge on any atom is 0.244 e. The molecule has 29 heavy (non-hydrogen) atoms. The molecule has 1 aliphatic heterocycles. The molecule has 1 N–H and O–H groups in total. The second kappa shape index (κ2) is 9.82. The van der Waals surface area contributed by atoms with E-state index in [9.17, 15) is 13.2 Å². The lowest BCUT2D eigenvalue weighted by Gasteiger charge is -2.33. The maximum absolute atomic E-state index is 12.7. The minimum Gasteiger partial charge on any atom is -0.351 e. The number of hydrogen-bond acceptors (Lipinski definition) is 4.